The second-order valence-electron chi connectivity index (χ2n) is 4.90. The molecule has 0 saturated heterocycles. The minimum absolute atomic E-state index is 0.223. The summed E-state index contributed by atoms with van der Waals surface area (Å²) in [6, 6.07) is 16.3. The van der Waals surface area contributed by atoms with E-state index in [2.05, 4.69) is 24.3 Å². The number of carboxylic acids is 1. The number of rotatable bonds is 7. The molecule has 0 heterocycles. The zero-order chi connectivity index (χ0) is 15.1. The number of benzene rings is 2. The van der Waals surface area contributed by atoms with Crippen LogP contribution in [0.2, 0.25) is 0 Å². The van der Waals surface area contributed by atoms with Gasteiger partial charge < -0.3 is 9.84 Å². The molecule has 0 unspecified atom stereocenters. The summed E-state index contributed by atoms with van der Waals surface area (Å²) in [4.78, 5) is 10.5. The summed E-state index contributed by atoms with van der Waals surface area (Å²) in [5.74, 6) is 0.146. The van der Waals surface area contributed by atoms with Crippen LogP contribution in [0, 0.1) is 0 Å². The third-order valence-electron chi connectivity index (χ3n) is 3.31. The van der Waals surface area contributed by atoms with Crippen molar-refractivity contribution < 1.29 is 14.6 Å². The Morgan fingerprint density at radius 1 is 1.00 bits per heavy atom. The number of hydrogen-bond donors (Lipinski definition) is 1. The first-order chi connectivity index (χ1) is 10.2. The van der Waals surface area contributed by atoms with Crippen molar-refractivity contribution in [3.8, 4) is 16.9 Å². The third-order valence-corrected chi connectivity index (χ3v) is 3.31. The molecule has 3 heteroatoms. The molecule has 0 radical (unpaired) electrons. The van der Waals surface area contributed by atoms with Crippen molar-refractivity contribution in [2.75, 3.05) is 6.61 Å². The van der Waals surface area contributed by atoms with Gasteiger partial charge in [0.05, 0.1) is 6.61 Å². The average molecular weight is 284 g/mol. The van der Waals surface area contributed by atoms with Crippen molar-refractivity contribution >= 4 is 5.97 Å². The summed E-state index contributed by atoms with van der Waals surface area (Å²) in [6.45, 7) is 2.64. The van der Waals surface area contributed by atoms with E-state index in [0.29, 0.717) is 13.0 Å². The van der Waals surface area contributed by atoms with Gasteiger partial charge in [-0.05, 0) is 48.6 Å². The van der Waals surface area contributed by atoms with Crippen LogP contribution < -0.4 is 4.74 Å². The molecule has 0 amide bonds. The van der Waals surface area contributed by atoms with Crippen LogP contribution in [0.25, 0.3) is 11.1 Å². The molecule has 0 atom stereocenters. The van der Waals surface area contributed by atoms with Crippen LogP contribution in [-0.4, -0.2) is 17.7 Å². The first-order valence-corrected chi connectivity index (χ1v) is 7.23. The Morgan fingerprint density at radius 3 is 2.10 bits per heavy atom. The maximum Gasteiger partial charge on any atom is 0.303 e. The fourth-order valence-corrected chi connectivity index (χ4v) is 2.22. The van der Waals surface area contributed by atoms with E-state index in [1.54, 1.807) is 0 Å². The van der Waals surface area contributed by atoms with Gasteiger partial charge in [-0.15, -0.1) is 0 Å². The number of aliphatic carboxylic acids is 1. The van der Waals surface area contributed by atoms with E-state index in [1.807, 2.05) is 31.2 Å². The molecule has 2 aromatic carbocycles. The van der Waals surface area contributed by atoms with E-state index < -0.39 is 5.97 Å². The van der Waals surface area contributed by atoms with Crippen LogP contribution in [0.5, 0.6) is 5.75 Å². The smallest absolute Gasteiger partial charge is 0.303 e. The Balaban J connectivity index is 1.99. The summed E-state index contributed by atoms with van der Waals surface area (Å²) in [5.41, 5.74) is 3.47. The quantitative estimate of drug-likeness (QED) is 0.830. The Hall–Kier alpha value is -2.29. The van der Waals surface area contributed by atoms with E-state index in [9.17, 15) is 4.79 Å². The van der Waals surface area contributed by atoms with Crippen LogP contribution in [0.1, 0.15) is 25.3 Å². The van der Waals surface area contributed by atoms with Crippen molar-refractivity contribution in [1.82, 2.24) is 0 Å². The largest absolute Gasteiger partial charge is 0.494 e. The minimum atomic E-state index is -0.735. The van der Waals surface area contributed by atoms with Crippen molar-refractivity contribution in [3.63, 3.8) is 0 Å². The van der Waals surface area contributed by atoms with Crippen molar-refractivity contribution in [2.24, 2.45) is 0 Å². The molecule has 0 aliphatic rings. The molecular weight excluding hydrogens is 264 g/mol. The highest BCUT2D eigenvalue weighted by molar-refractivity contribution is 5.66. The lowest BCUT2D eigenvalue weighted by Gasteiger charge is -2.06. The molecule has 0 fully saturated rings. The molecule has 0 spiro atoms. The fourth-order valence-electron chi connectivity index (χ4n) is 2.22. The van der Waals surface area contributed by atoms with Crippen LogP contribution in [0.15, 0.2) is 48.5 Å². The van der Waals surface area contributed by atoms with Crippen LogP contribution in [0.3, 0.4) is 0 Å². The van der Waals surface area contributed by atoms with Gasteiger partial charge in [-0.25, -0.2) is 0 Å². The number of ether oxygens (including phenoxy) is 1. The summed E-state index contributed by atoms with van der Waals surface area (Å²) < 4.78 is 5.43. The Kier molecular flexibility index (Phi) is 5.38. The molecule has 2 aromatic rings. The lowest BCUT2D eigenvalue weighted by atomic mass is 10.0. The highest BCUT2D eigenvalue weighted by Gasteiger charge is 2.01. The Bertz CT molecular complexity index is 570. The zero-order valence-electron chi connectivity index (χ0n) is 12.2. The second-order valence-corrected chi connectivity index (χ2v) is 4.90. The highest BCUT2D eigenvalue weighted by atomic mass is 16.5. The second kappa shape index (κ2) is 7.48. The minimum Gasteiger partial charge on any atom is -0.494 e. The summed E-state index contributed by atoms with van der Waals surface area (Å²) in [7, 11) is 0. The van der Waals surface area contributed by atoms with Crippen LogP contribution >= 0.6 is 0 Å². The highest BCUT2D eigenvalue weighted by Crippen LogP contribution is 2.23. The van der Waals surface area contributed by atoms with Crippen molar-refractivity contribution in [3.05, 3.63) is 54.1 Å². The number of aryl methyl sites for hydroxylation is 1. The fraction of sp³-hybridized carbons (Fsp3) is 0.278. The molecule has 0 bridgehead atoms. The molecular formula is C18H20O3. The monoisotopic (exact) mass is 284 g/mol. The third kappa shape index (κ3) is 4.63. The molecule has 0 saturated carbocycles. The summed E-state index contributed by atoms with van der Waals surface area (Å²) >= 11 is 0. The van der Waals surface area contributed by atoms with Gasteiger partial charge in [0.15, 0.2) is 0 Å². The van der Waals surface area contributed by atoms with Crippen LogP contribution in [0.4, 0.5) is 0 Å². The standard InChI is InChI=1S/C18H20O3/c1-2-21-17-12-10-16(11-13-17)15-8-6-14(7-9-15)4-3-5-18(19)20/h6-13H,2-5H2,1H3,(H,19,20). The van der Waals surface area contributed by atoms with E-state index in [-0.39, 0.29) is 6.42 Å². The zero-order valence-corrected chi connectivity index (χ0v) is 12.2. The topological polar surface area (TPSA) is 46.5 Å². The number of carboxylic acid groups (broad SMARTS) is 1. The van der Waals surface area contributed by atoms with Crippen molar-refractivity contribution in [2.45, 2.75) is 26.2 Å². The van der Waals surface area contributed by atoms with Gasteiger partial charge in [0.1, 0.15) is 5.75 Å². The van der Waals surface area contributed by atoms with Gasteiger partial charge in [0.25, 0.3) is 0 Å². The molecule has 2 rings (SSSR count). The number of carbonyl (C=O) groups is 1. The van der Waals surface area contributed by atoms with Gasteiger partial charge in [-0.1, -0.05) is 36.4 Å². The van der Waals surface area contributed by atoms with E-state index in [1.165, 1.54) is 5.56 Å². The van der Waals surface area contributed by atoms with Crippen molar-refractivity contribution in [1.29, 1.82) is 0 Å². The molecule has 3 nitrogen and oxygen atoms in total. The lowest BCUT2D eigenvalue weighted by molar-refractivity contribution is -0.137. The van der Waals surface area contributed by atoms with Gasteiger partial charge >= 0.3 is 5.97 Å². The van der Waals surface area contributed by atoms with E-state index in [4.69, 9.17) is 9.84 Å². The molecule has 0 aliphatic carbocycles. The molecule has 0 aromatic heterocycles. The molecule has 1 N–H and O–H groups in total. The molecule has 0 aliphatic heterocycles. The van der Waals surface area contributed by atoms with Crippen LogP contribution in [-0.2, 0) is 11.2 Å². The Labute approximate surface area is 125 Å². The maximum atomic E-state index is 10.5. The predicted molar refractivity (Wildman–Crippen MR) is 83.6 cm³/mol. The SMILES string of the molecule is CCOc1ccc(-c2ccc(CCCC(=O)O)cc2)cc1. The molecule has 21 heavy (non-hydrogen) atoms. The average Bonchev–Trinajstić information content (AvgIpc) is 2.49. The first kappa shape index (κ1) is 15.1. The normalized spacial score (nSPS) is 10.3. The van der Waals surface area contributed by atoms with Gasteiger partial charge in [0, 0.05) is 6.42 Å². The van der Waals surface area contributed by atoms with Gasteiger partial charge in [0.2, 0.25) is 0 Å². The van der Waals surface area contributed by atoms with Gasteiger partial charge in [-0.2, -0.15) is 0 Å². The molecule has 110 valence electrons. The predicted octanol–water partition coefficient (Wildman–Crippen LogP) is 4.16. The lowest BCUT2D eigenvalue weighted by Crippen LogP contribution is -1.95. The first-order valence-electron chi connectivity index (χ1n) is 7.23. The van der Waals surface area contributed by atoms with Gasteiger partial charge in [-0.3, -0.25) is 4.79 Å². The maximum absolute atomic E-state index is 10.5. The summed E-state index contributed by atoms with van der Waals surface area (Å²) in [5, 5.41) is 8.63. The van der Waals surface area contributed by atoms with E-state index in [0.717, 1.165) is 23.3 Å². The number of hydrogen-bond acceptors (Lipinski definition) is 2. The Morgan fingerprint density at radius 2 is 1.57 bits per heavy atom. The summed E-state index contributed by atoms with van der Waals surface area (Å²) in [6.07, 6.45) is 1.70. The van der Waals surface area contributed by atoms with E-state index >= 15 is 0 Å².